The van der Waals surface area contributed by atoms with Crippen LogP contribution in [0.5, 0.6) is 11.5 Å². The number of fused-ring (bicyclic) bond motifs is 1. The zero-order valence-electron chi connectivity index (χ0n) is 16.7. The molecule has 1 aliphatic heterocycles. The van der Waals surface area contributed by atoms with Gasteiger partial charge in [0.25, 0.3) is 0 Å². The molecular formula is C22H25N3O3S. The van der Waals surface area contributed by atoms with Gasteiger partial charge in [-0.25, -0.2) is 4.98 Å². The number of rotatable bonds is 6. The maximum Gasteiger partial charge on any atom is 0.225 e. The average molecular weight is 412 g/mol. The smallest absolute Gasteiger partial charge is 0.225 e. The number of anilines is 1. The summed E-state index contributed by atoms with van der Waals surface area (Å²) in [4.78, 5) is 19.7. The van der Waals surface area contributed by atoms with Crippen LogP contribution in [0.15, 0.2) is 41.9 Å². The lowest BCUT2D eigenvalue weighted by Crippen LogP contribution is -2.43. The molecule has 0 aliphatic carbocycles. The van der Waals surface area contributed by atoms with Crippen LogP contribution >= 0.6 is 11.3 Å². The van der Waals surface area contributed by atoms with Crippen molar-refractivity contribution in [1.29, 1.82) is 0 Å². The maximum atomic E-state index is 12.8. The third kappa shape index (κ3) is 4.15. The first-order chi connectivity index (χ1) is 14.2. The van der Waals surface area contributed by atoms with Crippen LogP contribution < -0.4 is 19.7 Å². The lowest BCUT2D eigenvalue weighted by molar-refractivity contribution is -0.125. The molecule has 1 fully saturated rings. The van der Waals surface area contributed by atoms with Crippen molar-refractivity contribution in [1.82, 2.24) is 10.3 Å². The van der Waals surface area contributed by atoms with E-state index in [2.05, 4.69) is 26.6 Å². The van der Waals surface area contributed by atoms with E-state index in [1.807, 2.05) is 30.5 Å². The van der Waals surface area contributed by atoms with E-state index in [-0.39, 0.29) is 11.8 Å². The normalized spacial score (nSPS) is 16.6. The minimum absolute atomic E-state index is 0.0421. The van der Waals surface area contributed by atoms with Gasteiger partial charge in [-0.1, -0.05) is 6.07 Å². The molecule has 1 aliphatic rings. The number of pyridine rings is 1. The number of aromatic nitrogens is 1. The molecule has 1 aromatic carbocycles. The molecule has 0 bridgehead atoms. The van der Waals surface area contributed by atoms with Gasteiger partial charge in [-0.3, -0.25) is 4.79 Å². The fraction of sp³-hybridized carbons (Fsp3) is 0.364. The Kier molecular flexibility index (Phi) is 5.85. The van der Waals surface area contributed by atoms with Crippen molar-refractivity contribution < 1.29 is 14.3 Å². The molecule has 3 aromatic rings. The molecule has 3 heterocycles. The summed E-state index contributed by atoms with van der Waals surface area (Å²) in [6.07, 6.45) is 3.74. The highest BCUT2D eigenvalue weighted by Gasteiger charge is 2.27. The number of carbonyl (C=O) groups is 1. The van der Waals surface area contributed by atoms with Gasteiger partial charge in [0.2, 0.25) is 5.91 Å². The molecule has 2 aromatic heterocycles. The Morgan fingerprint density at radius 3 is 2.93 bits per heavy atom. The maximum absolute atomic E-state index is 12.8. The van der Waals surface area contributed by atoms with E-state index in [0.717, 1.165) is 30.8 Å². The van der Waals surface area contributed by atoms with Crippen molar-refractivity contribution in [3.8, 4) is 11.5 Å². The minimum atomic E-state index is -0.0421. The summed E-state index contributed by atoms with van der Waals surface area (Å²) < 4.78 is 11.8. The Balaban J connectivity index is 1.41. The zero-order chi connectivity index (χ0) is 20.2. The Morgan fingerprint density at radius 2 is 2.10 bits per heavy atom. The van der Waals surface area contributed by atoms with E-state index in [1.54, 1.807) is 25.6 Å². The highest BCUT2D eigenvalue weighted by atomic mass is 32.1. The number of thiophene rings is 1. The number of nitrogens with one attached hydrogen (secondary N) is 1. The van der Waals surface area contributed by atoms with Crippen molar-refractivity contribution in [2.45, 2.75) is 19.4 Å². The monoisotopic (exact) mass is 411 g/mol. The van der Waals surface area contributed by atoms with Crippen molar-refractivity contribution >= 4 is 33.1 Å². The van der Waals surface area contributed by atoms with Crippen molar-refractivity contribution in [2.24, 2.45) is 5.92 Å². The lowest BCUT2D eigenvalue weighted by atomic mass is 9.96. The highest BCUT2D eigenvalue weighted by molar-refractivity contribution is 7.17. The van der Waals surface area contributed by atoms with E-state index in [0.29, 0.717) is 24.6 Å². The molecule has 1 amide bonds. The Morgan fingerprint density at radius 1 is 1.24 bits per heavy atom. The number of hydrogen-bond acceptors (Lipinski definition) is 6. The van der Waals surface area contributed by atoms with Crippen LogP contribution in [0.3, 0.4) is 0 Å². The fourth-order valence-electron chi connectivity index (χ4n) is 3.84. The number of hydrogen-bond donors (Lipinski definition) is 1. The SMILES string of the molecule is COc1ccc(CNC(=O)C2CCCN(c3nccc4sccc34)C2)cc1OC. The summed E-state index contributed by atoms with van der Waals surface area (Å²) in [5, 5.41) is 6.34. The Hall–Kier alpha value is -2.80. The van der Waals surface area contributed by atoms with Crippen molar-refractivity contribution in [3.05, 3.63) is 47.5 Å². The summed E-state index contributed by atoms with van der Waals surface area (Å²) in [5.74, 6) is 2.38. The first-order valence-corrected chi connectivity index (χ1v) is 10.6. The van der Waals surface area contributed by atoms with Crippen LogP contribution in [-0.2, 0) is 11.3 Å². The van der Waals surface area contributed by atoms with Crippen LogP contribution in [0, 0.1) is 5.92 Å². The van der Waals surface area contributed by atoms with Crippen molar-refractivity contribution in [2.75, 3.05) is 32.2 Å². The molecule has 1 atom stereocenters. The van der Waals surface area contributed by atoms with E-state index in [4.69, 9.17) is 9.47 Å². The quantitative estimate of drug-likeness (QED) is 0.668. The number of benzene rings is 1. The summed E-state index contributed by atoms with van der Waals surface area (Å²) in [6.45, 7) is 2.09. The fourth-order valence-corrected chi connectivity index (χ4v) is 4.62. The van der Waals surface area contributed by atoms with E-state index in [9.17, 15) is 4.79 Å². The van der Waals surface area contributed by atoms with Gasteiger partial charge in [-0.15, -0.1) is 11.3 Å². The number of methoxy groups -OCH3 is 2. The topological polar surface area (TPSA) is 63.7 Å². The third-order valence-corrected chi connectivity index (χ3v) is 6.25. The van der Waals surface area contributed by atoms with Crippen LogP contribution in [0.2, 0.25) is 0 Å². The van der Waals surface area contributed by atoms with Gasteiger partial charge in [0.1, 0.15) is 5.82 Å². The number of amides is 1. The molecule has 6 nitrogen and oxygen atoms in total. The second kappa shape index (κ2) is 8.69. The second-order valence-corrected chi connectivity index (χ2v) is 8.11. The van der Waals surface area contributed by atoms with Gasteiger partial charge >= 0.3 is 0 Å². The van der Waals surface area contributed by atoms with Gasteiger partial charge in [-0.05, 0) is 48.1 Å². The predicted molar refractivity (Wildman–Crippen MR) is 116 cm³/mol. The molecule has 0 spiro atoms. The molecule has 29 heavy (non-hydrogen) atoms. The van der Waals surface area contributed by atoms with Gasteiger partial charge in [0, 0.05) is 35.9 Å². The summed E-state index contributed by atoms with van der Waals surface area (Å²) >= 11 is 1.72. The molecule has 4 rings (SSSR count). The third-order valence-electron chi connectivity index (χ3n) is 5.37. The van der Waals surface area contributed by atoms with Crippen LogP contribution in [-0.4, -0.2) is 38.2 Å². The van der Waals surface area contributed by atoms with Gasteiger partial charge in [0.05, 0.1) is 20.1 Å². The van der Waals surface area contributed by atoms with Gasteiger partial charge in [0.15, 0.2) is 11.5 Å². The largest absolute Gasteiger partial charge is 0.493 e. The van der Waals surface area contributed by atoms with Crippen LogP contribution in [0.4, 0.5) is 5.82 Å². The van der Waals surface area contributed by atoms with Gasteiger partial charge in [-0.2, -0.15) is 0 Å². The van der Waals surface area contributed by atoms with E-state index in [1.165, 1.54) is 10.1 Å². The highest BCUT2D eigenvalue weighted by Crippen LogP contribution is 2.31. The molecule has 152 valence electrons. The Labute approximate surface area is 174 Å². The molecule has 0 saturated carbocycles. The summed E-state index contributed by atoms with van der Waals surface area (Å²) in [6, 6.07) is 9.85. The Bertz CT molecular complexity index is 1000. The molecule has 0 radical (unpaired) electrons. The van der Waals surface area contributed by atoms with E-state index < -0.39 is 0 Å². The minimum Gasteiger partial charge on any atom is -0.493 e. The standard InChI is InChI=1S/C22H25N3O3S/c1-27-18-6-5-15(12-19(18)28-2)13-24-22(26)16-4-3-10-25(14-16)21-17-8-11-29-20(17)7-9-23-21/h5-9,11-12,16H,3-4,10,13-14H2,1-2H3,(H,24,26). The molecule has 1 N–H and O–H groups in total. The number of carbonyl (C=O) groups excluding carboxylic acids is 1. The zero-order valence-corrected chi connectivity index (χ0v) is 17.5. The first kappa shape index (κ1) is 19.5. The second-order valence-electron chi connectivity index (χ2n) is 7.16. The number of piperidine rings is 1. The molecular weight excluding hydrogens is 386 g/mol. The molecule has 1 unspecified atom stereocenters. The van der Waals surface area contributed by atoms with E-state index >= 15 is 0 Å². The molecule has 1 saturated heterocycles. The first-order valence-electron chi connectivity index (χ1n) is 9.75. The van der Waals surface area contributed by atoms with Crippen molar-refractivity contribution in [3.63, 3.8) is 0 Å². The van der Waals surface area contributed by atoms with Gasteiger partial charge < -0.3 is 19.7 Å². The van der Waals surface area contributed by atoms with Crippen LogP contribution in [0.1, 0.15) is 18.4 Å². The average Bonchev–Trinajstić information content (AvgIpc) is 3.26. The number of nitrogens with zero attached hydrogens (tertiary/aromatic N) is 2. The van der Waals surface area contributed by atoms with Crippen LogP contribution in [0.25, 0.3) is 10.1 Å². The lowest BCUT2D eigenvalue weighted by Gasteiger charge is -2.33. The number of ether oxygens (including phenoxy) is 2. The predicted octanol–water partition coefficient (Wildman–Crippen LogP) is 3.85. The molecule has 7 heteroatoms. The summed E-state index contributed by atoms with van der Waals surface area (Å²) in [7, 11) is 3.22. The summed E-state index contributed by atoms with van der Waals surface area (Å²) in [5.41, 5.74) is 0.980.